The third kappa shape index (κ3) is 4.40. The maximum Gasteiger partial charge on any atom is 0.225 e. The van der Waals surface area contributed by atoms with Crippen molar-refractivity contribution in [3.05, 3.63) is 71.0 Å². The standard InChI is InChI=1S/C25H25N3O2/c1-16(2)14-23(30)28-25-22(12-8-17-6-4-3-5-7-17)26-24-20-11-10-19(29)15-18(20)9-13-21(24)27-25/h3-8,10-12,15-16,29H,9,13-14H2,1-2H3,(H,27,28,30). The average molecular weight is 399 g/mol. The number of aromatic hydroxyl groups is 1. The first kappa shape index (κ1) is 19.8. The Morgan fingerprint density at radius 3 is 2.67 bits per heavy atom. The highest BCUT2D eigenvalue weighted by Gasteiger charge is 2.22. The number of aromatic nitrogens is 2. The zero-order valence-corrected chi connectivity index (χ0v) is 17.2. The Kier molecular flexibility index (Phi) is 5.61. The van der Waals surface area contributed by atoms with Gasteiger partial charge in [-0.3, -0.25) is 4.79 Å². The lowest BCUT2D eigenvalue weighted by atomic mass is 9.91. The molecule has 3 aromatic rings. The Morgan fingerprint density at radius 2 is 1.90 bits per heavy atom. The molecule has 0 unspecified atom stereocenters. The number of anilines is 1. The van der Waals surface area contributed by atoms with Gasteiger partial charge in [-0.25, -0.2) is 9.97 Å². The molecule has 5 heteroatoms. The van der Waals surface area contributed by atoms with Crippen LogP contribution in [0.5, 0.6) is 5.75 Å². The van der Waals surface area contributed by atoms with Crippen molar-refractivity contribution in [3.8, 4) is 17.0 Å². The number of hydrogen-bond acceptors (Lipinski definition) is 4. The summed E-state index contributed by atoms with van der Waals surface area (Å²) in [7, 11) is 0. The first-order valence-corrected chi connectivity index (χ1v) is 10.3. The van der Waals surface area contributed by atoms with Gasteiger partial charge in [0.2, 0.25) is 5.91 Å². The van der Waals surface area contributed by atoms with Gasteiger partial charge < -0.3 is 10.4 Å². The molecule has 1 aliphatic rings. The van der Waals surface area contributed by atoms with Gasteiger partial charge in [-0.2, -0.15) is 0 Å². The van der Waals surface area contributed by atoms with E-state index in [1.807, 2.05) is 62.4 Å². The fraction of sp³-hybridized carbons (Fsp3) is 0.240. The Labute approximate surface area is 176 Å². The Bertz CT molecular complexity index is 1100. The lowest BCUT2D eigenvalue weighted by Gasteiger charge is -2.20. The topological polar surface area (TPSA) is 75.1 Å². The second-order valence-corrected chi connectivity index (χ2v) is 7.98. The summed E-state index contributed by atoms with van der Waals surface area (Å²) in [6.45, 7) is 4.03. The van der Waals surface area contributed by atoms with Gasteiger partial charge in [-0.05, 0) is 54.2 Å². The molecule has 30 heavy (non-hydrogen) atoms. The van der Waals surface area contributed by atoms with Crippen LogP contribution in [0.1, 0.15) is 42.8 Å². The quantitative estimate of drug-likeness (QED) is 0.626. The van der Waals surface area contributed by atoms with E-state index in [2.05, 4.69) is 5.32 Å². The van der Waals surface area contributed by atoms with E-state index in [0.29, 0.717) is 24.4 Å². The third-order valence-corrected chi connectivity index (χ3v) is 5.05. The Hall–Kier alpha value is -3.47. The molecule has 1 heterocycles. The molecule has 4 rings (SSSR count). The summed E-state index contributed by atoms with van der Waals surface area (Å²) in [6.07, 6.45) is 5.79. The average Bonchev–Trinajstić information content (AvgIpc) is 2.72. The minimum absolute atomic E-state index is 0.0604. The van der Waals surface area contributed by atoms with Crippen LogP contribution in [0.25, 0.3) is 23.4 Å². The van der Waals surface area contributed by atoms with Crippen molar-refractivity contribution in [2.24, 2.45) is 5.92 Å². The molecule has 2 aromatic carbocycles. The van der Waals surface area contributed by atoms with Crippen molar-refractivity contribution < 1.29 is 9.90 Å². The number of carbonyl (C=O) groups is 1. The summed E-state index contributed by atoms with van der Waals surface area (Å²) in [5, 5.41) is 12.8. The number of amides is 1. The highest BCUT2D eigenvalue weighted by molar-refractivity contribution is 5.92. The van der Waals surface area contributed by atoms with E-state index in [-0.39, 0.29) is 17.6 Å². The number of hydrogen-bond donors (Lipinski definition) is 2. The van der Waals surface area contributed by atoms with Crippen LogP contribution in [0.3, 0.4) is 0 Å². The number of aryl methyl sites for hydroxylation is 2. The van der Waals surface area contributed by atoms with Gasteiger partial charge in [0.25, 0.3) is 0 Å². The second-order valence-electron chi connectivity index (χ2n) is 7.98. The van der Waals surface area contributed by atoms with Crippen LogP contribution in [0.15, 0.2) is 48.5 Å². The van der Waals surface area contributed by atoms with Crippen LogP contribution in [0.2, 0.25) is 0 Å². The van der Waals surface area contributed by atoms with Crippen molar-refractivity contribution in [3.63, 3.8) is 0 Å². The van der Waals surface area contributed by atoms with E-state index < -0.39 is 0 Å². The highest BCUT2D eigenvalue weighted by atomic mass is 16.3. The highest BCUT2D eigenvalue weighted by Crippen LogP contribution is 2.34. The number of phenols is 1. The summed E-state index contributed by atoms with van der Waals surface area (Å²) in [6, 6.07) is 15.3. The van der Waals surface area contributed by atoms with Crippen molar-refractivity contribution in [2.75, 3.05) is 5.32 Å². The molecule has 0 atom stereocenters. The maximum absolute atomic E-state index is 12.4. The van der Waals surface area contributed by atoms with Gasteiger partial charge in [0.05, 0.1) is 11.4 Å². The minimum Gasteiger partial charge on any atom is -0.508 e. The van der Waals surface area contributed by atoms with E-state index in [9.17, 15) is 9.90 Å². The minimum atomic E-state index is -0.0604. The van der Waals surface area contributed by atoms with Crippen molar-refractivity contribution in [1.82, 2.24) is 9.97 Å². The molecule has 0 aliphatic heterocycles. The molecule has 2 N–H and O–H groups in total. The molecule has 152 valence electrons. The number of nitrogens with one attached hydrogen (secondary N) is 1. The number of carbonyl (C=O) groups excluding carboxylic acids is 1. The van der Waals surface area contributed by atoms with Crippen LogP contribution in [0.4, 0.5) is 5.82 Å². The molecule has 1 aromatic heterocycles. The summed E-state index contributed by atoms with van der Waals surface area (Å²) >= 11 is 0. The van der Waals surface area contributed by atoms with Crippen LogP contribution >= 0.6 is 0 Å². The van der Waals surface area contributed by atoms with E-state index >= 15 is 0 Å². The van der Waals surface area contributed by atoms with Gasteiger partial charge in [-0.15, -0.1) is 0 Å². The molecule has 0 saturated heterocycles. The summed E-state index contributed by atoms with van der Waals surface area (Å²) in [4.78, 5) is 22.1. The molecule has 0 bridgehead atoms. The number of nitrogens with zero attached hydrogens (tertiary/aromatic N) is 2. The lowest BCUT2D eigenvalue weighted by molar-refractivity contribution is -0.116. The Balaban J connectivity index is 1.76. The molecule has 0 fully saturated rings. The molecular weight excluding hydrogens is 374 g/mol. The fourth-order valence-corrected chi connectivity index (χ4v) is 3.65. The second kappa shape index (κ2) is 8.49. The molecule has 0 radical (unpaired) electrons. The summed E-state index contributed by atoms with van der Waals surface area (Å²) in [5.41, 5.74) is 5.38. The number of phenolic OH excluding ortho intramolecular Hbond substituents is 1. The first-order valence-electron chi connectivity index (χ1n) is 10.3. The fourth-order valence-electron chi connectivity index (χ4n) is 3.65. The van der Waals surface area contributed by atoms with Crippen molar-refractivity contribution in [2.45, 2.75) is 33.1 Å². The molecule has 5 nitrogen and oxygen atoms in total. The van der Waals surface area contributed by atoms with Crippen LogP contribution in [0, 0.1) is 5.92 Å². The molecule has 0 saturated carbocycles. The third-order valence-electron chi connectivity index (χ3n) is 5.05. The van der Waals surface area contributed by atoms with Gasteiger partial charge >= 0.3 is 0 Å². The van der Waals surface area contributed by atoms with Crippen molar-refractivity contribution in [1.29, 1.82) is 0 Å². The first-order chi connectivity index (χ1) is 14.5. The van der Waals surface area contributed by atoms with Gasteiger partial charge in [0.15, 0.2) is 5.82 Å². The molecule has 0 spiro atoms. The summed E-state index contributed by atoms with van der Waals surface area (Å²) in [5.74, 6) is 0.953. The van der Waals surface area contributed by atoms with Crippen LogP contribution in [-0.2, 0) is 17.6 Å². The van der Waals surface area contributed by atoms with Crippen molar-refractivity contribution >= 4 is 23.9 Å². The predicted molar refractivity (Wildman–Crippen MR) is 120 cm³/mol. The maximum atomic E-state index is 12.4. The number of rotatable bonds is 5. The molecule has 1 amide bonds. The normalized spacial score (nSPS) is 12.6. The SMILES string of the molecule is CC(C)CC(=O)Nc1nc2c(nc1C=Cc1ccccc1)-c1ccc(O)cc1CC2. The lowest BCUT2D eigenvalue weighted by Crippen LogP contribution is -2.18. The molecule has 1 aliphatic carbocycles. The van der Waals surface area contributed by atoms with E-state index in [0.717, 1.165) is 34.5 Å². The van der Waals surface area contributed by atoms with Crippen LogP contribution < -0.4 is 5.32 Å². The zero-order chi connectivity index (χ0) is 21.1. The van der Waals surface area contributed by atoms with Gasteiger partial charge in [-0.1, -0.05) is 50.3 Å². The van der Waals surface area contributed by atoms with Gasteiger partial charge in [0, 0.05) is 12.0 Å². The number of benzene rings is 2. The largest absolute Gasteiger partial charge is 0.508 e. The smallest absolute Gasteiger partial charge is 0.225 e. The monoisotopic (exact) mass is 399 g/mol. The predicted octanol–water partition coefficient (Wildman–Crippen LogP) is 5.10. The van der Waals surface area contributed by atoms with E-state index in [1.165, 1.54) is 0 Å². The number of fused-ring (bicyclic) bond motifs is 3. The Morgan fingerprint density at radius 1 is 1.10 bits per heavy atom. The van der Waals surface area contributed by atoms with E-state index in [1.54, 1.807) is 12.1 Å². The van der Waals surface area contributed by atoms with E-state index in [4.69, 9.17) is 9.97 Å². The summed E-state index contributed by atoms with van der Waals surface area (Å²) < 4.78 is 0. The van der Waals surface area contributed by atoms with Gasteiger partial charge in [0.1, 0.15) is 11.4 Å². The molecular formula is C25H25N3O2. The van der Waals surface area contributed by atoms with Crippen LogP contribution in [-0.4, -0.2) is 21.0 Å². The zero-order valence-electron chi connectivity index (χ0n) is 17.2.